The van der Waals surface area contributed by atoms with Gasteiger partial charge in [0.05, 0.1) is 5.56 Å². The Morgan fingerprint density at radius 3 is 2.75 bits per heavy atom. The lowest BCUT2D eigenvalue weighted by Gasteiger charge is -2.06. The Hall–Kier alpha value is -1.73. The topological polar surface area (TPSA) is 95.4 Å². The standard InChI is InChI=1S/C13H10Br2N4O/c14-7-3-4-10(20)8(6-7)12(16)19-13(17)11-9(15)2-1-5-18-11/h1-6,20H,(H3,16,17,19). The van der Waals surface area contributed by atoms with E-state index in [4.69, 9.17) is 11.1 Å². The first-order chi connectivity index (χ1) is 9.49. The van der Waals surface area contributed by atoms with Gasteiger partial charge in [0.25, 0.3) is 0 Å². The molecule has 0 atom stereocenters. The van der Waals surface area contributed by atoms with E-state index in [0.717, 1.165) is 4.47 Å². The van der Waals surface area contributed by atoms with Crippen molar-refractivity contribution in [3.05, 3.63) is 56.7 Å². The summed E-state index contributed by atoms with van der Waals surface area (Å²) in [6.07, 6.45) is 1.57. The monoisotopic (exact) mass is 396 g/mol. The van der Waals surface area contributed by atoms with E-state index >= 15 is 0 Å². The van der Waals surface area contributed by atoms with Crippen LogP contribution < -0.4 is 5.73 Å². The number of nitrogens with one attached hydrogen (secondary N) is 1. The zero-order valence-corrected chi connectivity index (χ0v) is 13.3. The molecule has 0 amide bonds. The fraction of sp³-hybridized carbons (Fsp3) is 0. The zero-order valence-electron chi connectivity index (χ0n) is 10.1. The van der Waals surface area contributed by atoms with Crippen LogP contribution in [0, 0.1) is 5.41 Å². The Bertz CT molecular complexity index is 701. The minimum absolute atomic E-state index is 0.00216. The van der Waals surface area contributed by atoms with Crippen molar-refractivity contribution in [1.82, 2.24) is 4.98 Å². The Balaban J connectivity index is 2.38. The first-order valence-corrected chi connectivity index (χ1v) is 7.10. The number of halogens is 2. The minimum atomic E-state index is -0.0886. The second-order valence-corrected chi connectivity index (χ2v) is 5.61. The molecular formula is C13H10Br2N4O. The molecule has 102 valence electrons. The lowest BCUT2D eigenvalue weighted by Crippen LogP contribution is -2.16. The van der Waals surface area contributed by atoms with Crippen LogP contribution >= 0.6 is 31.9 Å². The van der Waals surface area contributed by atoms with Gasteiger partial charge in [-0.2, -0.15) is 0 Å². The summed E-state index contributed by atoms with van der Waals surface area (Å²) in [5.41, 5.74) is 6.58. The smallest absolute Gasteiger partial charge is 0.174 e. The van der Waals surface area contributed by atoms with E-state index in [1.54, 1.807) is 30.5 Å². The van der Waals surface area contributed by atoms with E-state index in [-0.39, 0.29) is 17.4 Å². The number of phenols is 1. The number of aromatic nitrogens is 1. The number of nitrogens with zero attached hydrogens (tertiary/aromatic N) is 2. The second-order valence-electron chi connectivity index (χ2n) is 3.84. The molecule has 1 aromatic heterocycles. The molecule has 0 aliphatic carbocycles. The molecule has 0 saturated carbocycles. The number of aromatic hydroxyl groups is 1. The maximum Gasteiger partial charge on any atom is 0.174 e. The molecule has 7 heteroatoms. The summed E-state index contributed by atoms with van der Waals surface area (Å²) in [7, 11) is 0. The van der Waals surface area contributed by atoms with Crippen LogP contribution in [0.3, 0.4) is 0 Å². The third kappa shape index (κ3) is 3.23. The minimum Gasteiger partial charge on any atom is -0.507 e. The SMILES string of the molecule is N=C(N=C(N)c1cc(Br)ccc1O)c1ncccc1Br. The van der Waals surface area contributed by atoms with Crippen molar-refractivity contribution >= 4 is 43.5 Å². The average Bonchev–Trinajstić information content (AvgIpc) is 2.41. The lowest BCUT2D eigenvalue weighted by atomic mass is 10.2. The van der Waals surface area contributed by atoms with Crippen molar-refractivity contribution in [2.24, 2.45) is 10.7 Å². The maximum absolute atomic E-state index is 9.77. The third-order valence-corrected chi connectivity index (χ3v) is 3.58. The van der Waals surface area contributed by atoms with Gasteiger partial charge in [0, 0.05) is 15.1 Å². The Labute approximate surface area is 132 Å². The summed E-state index contributed by atoms with van der Waals surface area (Å²) in [5, 5.41) is 17.7. The van der Waals surface area contributed by atoms with Crippen LogP contribution in [0.15, 0.2) is 50.5 Å². The highest BCUT2D eigenvalue weighted by atomic mass is 79.9. The Kier molecular flexibility index (Phi) is 4.51. The van der Waals surface area contributed by atoms with Gasteiger partial charge < -0.3 is 10.8 Å². The summed E-state index contributed by atoms with van der Waals surface area (Å²) in [5.74, 6) is -0.0389. The first kappa shape index (κ1) is 14.7. The number of amidine groups is 2. The van der Waals surface area contributed by atoms with Crippen molar-refractivity contribution in [3.8, 4) is 5.75 Å². The van der Waals surface area contributed by atoms with Crippen LogP contribution in [-0.4, -0.2) is 21.8 Å². The Morgan fingerprint density at radius 2 is 2.05 bits per heavy atom. The molecule has 20 heavy (non-hydrogen) atoms. The molecule has 0 aliphatic heterocycles. The van der Waals surface area contributed by atoms with Crippen molar-refractivity contribution in [1.29, 1.82) is 5.41 Å². The summed E-state index contributed by atoms with van der Waals surface area (Å²) in [6.45, 7) is 0. The van der Waals surface area contributed by atoms with Crippen LogP contribution in [0.1, 0.15) is 11.3 Å². The van der Waals surface area contributed by atoms with Crippen LogP contribution in [0.4, 0.5) is 0 Å². The van der Waals surface area contributed by atoms with Crippen LogP contribution in [0.5, 0.6) is 5.75 Å². The highest BCUT2D eigenvalue weighted by Crippen LogP contribution is 2.22. The van der Waals surface area contributed by atoms with Gasteiger partial charge in [-0.3, -0.25) is 10.4 Å². The number of hydrogen-bond donors (Lipinski definition) is 3. The summed E-state index contributed by atoms with van der Waals surface area (Å²) >= 11 is 6.59. The summed E-state index contributed by atoms with van der Waals surface area (Å²) in [6, 6.07) is 8.33. The number of aliphatic imine (C=N–C) groups is 1. The van der Waals surface area contributed by atoms with Crippen LogP contribution in [-0.2, 0) is 0 Å². The van der Waals surface area contributed by atoms with Crippen molar-refractivity contribution in [3.63, 3.8) is 0 Å². The number of pyridine rings is 1. The highest BCUT2D eigenvalue weighted by Gasteiger charge is 2.10. The number of benzene rings is 1. The molecule has 0 bridgehead atoms. The van der Waals surface area contributed by atoms with Gasteiger partial charge >= 0.3 is 0 Å². The highest BCUT2D eigenvalue weighted by molar-refractivity contribution is 9.10. The van der Waals surface area contributed by atoms with Gasteiger partial charge in [0.2, 0.25) is 0 Å². The van der Waals surface area contributed by atoms with E-state index in [1.807, 2.05) is 0 Å². The fourth-order valence-corrected chi connectivity index (χ4v) is 2.31. The Morgan fingerprint density at radius 1 is 1.30 bits per heavy atom. The summed E-state index contributed by atoms with van der Waals surface area (Å²) < 4.78 is 1.41. The molecule has 4 N–H and O–H groups in total. The normalized spacial score (nSPS) is 11.4. The quantitative estimate of drug-likeness (QED) is 0.536. The maximum atomic E-state index is 9.77. The molecule has 1 heterocycles. The molecule has 2 rings (SSSR count). The molecule has 0 saturated heterocycles. The van der Waals surface area contributed by atoms with Gasteiger partial charge in [-0.15, -0.1) is 0 Å². The number of hydrogen-bond acceptors (Lipinski definition) is 3. The molecule has 0 fully saturated rings. The van der Waals surface area contributed by atoms with Crippen molar-refractivity contribution < 1.29 is 5.11 Å². The number of nitrogens with two attached hydrogens (primary N) is 1. The molecular weight excluding hydrogens is 388 g/mol. The molecule has 0 aliphatic rings. The van der Waals surface area contributed by atoms with E-state index < -0.39 is 0 Å². The molecule has 1 aromatic carbocycles. The third-order valence-electron chi connectivity index (χ3n) is 2.45. The summed E-state index contributed by atoms with van der Waals surface area (Å²) in [4.78, 5) is 8.04. The second kappa shape index (κ2) is 6.15. The average molecular weight is 398 g/mol. The van der Waals surface area contributed by atoms with Crippen molar-refractivity contribution in [2.75, 3.05) is 0 Å². The van der Waals surface area contributed by atoms with Gasteiger partial charge in [-0.1, -0.05) is 15.9 Å². The zero-order chi connectivity index (χ0) is 14.7. The van der Waals surface area contributed by atoms with Gasteiger partial charge in [0.15, 0.2) is 5.84 Å². The molecule has 0 spiro atoms. The molecule has 2 aromatic rings. The number of phenolic OH excluding ortho intramolecular Hbond substituents is 1. The first-order valence-electron chi connectivity index (χ1n) is 5.51. The predicted octanol–water partition coefficient (Wildman–Crippen LogP) is 3.04. The van der Waals surface area contributed by atoms with E-state index in [2.05, 4.69) is 41.8 Å². The van der Waals surface area contributed by atoms with Crippen LogP contribution in [0.2, 0.25) is 0 Å². The van der Waals surface area contributed by atoms with Crippen LogP contribution in [0.25, 0.3) is 0 Å². The lowest BCUT2D eigenvalue weighted by molar-refractivity contribution is 0.474. The number of rotatable bonds is 2. The van der Waals surface area contributed by atoms with E-state index in [1.165, 1.54) is 6.07 Å². The van der Waals surface area contributed by atoms with Gasteiger partial charge in [-0.05, 0) is 46.3 Å². The molecule has 5 nitrogen and oxygen atoms in total. The van der Waals surface area contributed by atoms with Gasteiger partial charge in [0.1, 0.15) is 17.3 Å². The fourth-order valence-electron chi connectivity index (χ4n) is 1.51. The van der Waals surface area contributed by atoms with E-state index in [9.17, 15) is 5.11 Å². The largest absolute Gasteiger partial charge is 0.507 e. The predicted molar refractivity (Wildman–Crippen MR) is 85.3 cm³/mol. The van der Waals surface area contributed by atoms with E-state index in [0.29, 0.717) is 15.7 Å². The molecule has 0 unspecified atom stereocenters. The van der Waals surface area contributed by atoms with Crippen molar-refractivity contribution in [2.45, 2.75) is 0 Å². The molecule has 0 radical (unpaired) electrons. The van der Waals surface area contributed by atoms with Gasteiger partial charge in [-0.25, -0.2) is 4.99 Å².